The van der Waals surface area contributed by atoms with Gasteiger partial charge in [-0.15, -0.1) is 0 Å². The number of hydrogen-bond acceptors (Lipinski definition) is 7. The highest BCUT2D eigenvalue weighted by atomic mass is 16.5. The van der Waals surface area contributed by atoms with Gasteiger partial charge >= 0.3 is 11.7 Å². The van der Waals surface area contributed by atoms with Gasteiger partial charge in [-0.1, -0.05) is 13.0 Å². The maximum absolute atomic E-state index is 13.3. The number of fused-ring (bicyclic) bond motifs is 3. The van der Waals surface area contributed by atoms with E-state index >= 15 is 0 Å². The number of esters is 1. The van der Waals surface area contributed by atoms with Crippen molar-refractivity contribution in [3.05, 3.63) is 45.1 Å². The topological polar surface area (TPSA) is 101 Å². The molecule has 0 radical (unpaired) electrons. The summed E-state index contributed by atoms with van der Waals surface area (Å²) in [4.78, 5) is 44.7. The summed E-state index contributed by atoms with van der Waals surface area (Å²) in [5.74, 6) is 0.863. The van der Waals surface area contributed by atoms with Gasteiger partial charge in [0, 0.05) is 31.9 Å². The third-order valence-electron chi connectivity index (χ3n) is 5.40. The van der Waals surface area contributed by atoms with E-state index in [0.29, 0.717) is 30.3 Å². The van der Waals surface area contributed by atoms with Crippen LogP contribution in [-0.4, -0.2) is 44.9 Å². The van der Waals surface area contributed by atoms with Gasteiger partial charge in [-0.05, 0) is 25.0 Å². The number of carbonyl (C=O) groups is 1. The number of hydrogen-bond donors (Lipinski definition) is 0. The van der Waals surface area contributed by atoms with Crippen molar-refractivity contribution in [3.63, 3.8) is 0 Å². The summed E-state index contributed by atoms with van der Waals surface area (Å²) in [6.07, 6.45) is 0. The Labute approximate surface area is 178 Å². The second kappa shape index (κ2) is 7.93. The summed E-state index contributed by atoms with van der Waals surface area (Å²) in [7, 11) is 3.15. The molecule has 4 rings (SSSR count). The molecular formula is C21H25N5O5. The van der Waals surface area contributed by atoms with E-state index in [4.69, 9.17) is 9.47 Å². The van der Waals surface area contributed by atoms with Crippen LogP contribution in [0.15, 0.2) is 33.9 Å². The van der Waals surface area contributed by atoms with E-state index in [1.165, 1.54) is 4.57 Å². The lowest BCUT2D eigenvalue weighted by Gasteiger charge is -2.33. The minimum absolute atomic E-state index is 0.172. The molecule has 1 atom stereocenters. The van der Waals surface area contributed by atoms with Crippen LogP contribution in [0.3, 0.4) is 0 Å². The third-order valence-corrected chi connectivity index (χ3v) is 5.40. The Morgan fingerprint density at radius 1 is 1.26 bits per heavy atom. The third kappa shape index (κ3) is 3.47. The Morgan fingerprint density at radius 2 is 2.03 bits per heavy atom. The number of methoxy groups -OCH3 is 1. The van der Waals surface area contributed by atoms with Crippen molar-refractivity contribution in [2.75, 3.05) is 25.2 Å². The highest BCUT2D eigenvalue weighted by molar-refractivity contribution is 5.78. The summed E-state index contributed by atoms with van der Waals surface area (Å²) >= 11 is 0. The molecule has 3 aromatic rings. The van der Waals surface area contributed by atoms with Crippen LogP contribution in [0.25, 0.3) is 11.2 Å². The van der Waals surface area contributed by atoms with Crippen LogP contribution in [0.4, 0.5) is 11.6 Å². The van der Waals surface area contributed by atoms with Crippen LogP contribution in [0.2, 0.25) is 0 Å². The molecule has 0 bridgehead atoms. The molecule has 0 unspecified atom stereocenters. The largest absolute Gasteiger partial charge is 0.497 e. The van der Waals surface area contributed by atoms with E-state index < -0.39 is 23.8 Å². The van der Waals surface area contributed by atoms with Crippen LogP contribution >= 0.6 is 0 Å². The van der Waals surface area contributed by atoms with E-state index in [1.54, 1.807) is 21.1 Å². The molecule has 1 aromatic carbocycles. The molecule has 0 amide bonds. The van der Waals surface area contributed by atoms with Crippen LogP contribution in [0.1, 0.15) is 13.8 Å². The summed E-state index contributed by atoms with van der Waals surface area (Å²) < 4.78 is 14.3. The van der Waals surface area contributed by atoms with Crippen molar-refractivity contribution in [1.29, 1.82) is 0 Å². The number of anilines is 2. The smallest absolute Gasteiger partial charge is 0.333 e. The summed E-state index contributed by atoms with van der Waals surface area (Å²) in [5.41, 5.74) is 0.291. The Kier molecular flexibility index (Phi) is 5.30. The first kappa shape index (κ1) is 20.7. The van der Waals surface area contributed by atoms with Gasteiger partial charge in [0.05, 0.1) is 13.7 Å². The average Bonchev–Trinajstić information content (AvgIpc) is 3.14. The number of benzene rings is 1. The molecule has 0 aliphatic carbocycles. The van der Waals surface area contributed by atoms with E-state index in [2.05, 4.69) is 11.9 Å². The lowest BCUT2D eigenvalue weighted by molar-refractivity contribution is -0.143. The van der Waals surface area contributed by atoms with Gasteiger partial charge in [-0.2, -0.15) is 4.98 Å². The lowest BCUT2D eigenvalue weighted by Crippen LogP contribution is -2.42. The zero-order valence-electron chi connectivity index (χ0n) is 18.0. The summed E-state index contributed by atoms with van der Waals surface area (Å²) in [6, 6.07) is 7.60. The first-order valence-electron chi connectivity index (χ1n) is 10.1. The van der Waals surface area contributed by atoms with Crippen molar-refractivity contribution in [1.82, 2.24) is 18.7 Å². The Hall–Kier alpha value is -3.56. The fourth-order valence-electron chi connectivity index (χ4n) is 3.98. The van der Waals surface area contributed by atoms with Gasteiger partial charge in [0.15, 0.2) is 11.2 Å². The molecule has 3 heterocycles. The number of imidazole rings is 1. The van der Waals surface area contributed by atoms with Gasteiger partial charge in [-0.25, -0.2) is 9.36 Å². The molecule has 2 aromatic heterocycles. The highest BCUT2D eigenvalue weighted by Crippen LogP contribution is 2.34. The van der Waals surface area contributed by atoms with Gasteiger partial charge in [0.1, 0.15) is 12.3 Å². The molecule has 10 heteroatoms. The molecule has 10 nitrogen and oxygen atoms in total. The van der Waals surface area contributed by atoms with E-state index in [-0.39, 0.29) is 18.2 Å². The van der Waals surface area contributed by atoms with Gasteiger partial charge in [0.25, 0.3) is 5.56 Å². The average molecular weight is 427 g/mol. The predicted octanol–water partition coefficient (Wildman–Crippen LogP) is 1.26. The molecule has 31 heavy (non-hydrogen) atoms. The molecule has 0 saturated carbocycles. The molecule has 1 aliphatic heterocycles. The number of ether oxygens (including phenoxy) is 2. The lowest BCUT2D eigenvalue weighted by atomic mass is 10.1. The van der Waals surface area contributed by atoms with Crippen molar-refractivity contribution >= 4 is 28.8 Å². The maximum atomic E-state index is 13.3. The second-order valence-corrected chi connectivity index (χ2v) is 7.65. The summed E-state index contributed by atoms with van der Waals surface area (Å²) in [6.45, 7) is 4.75. The number of aryl methyl sites for hydroxylation is 1. The predicted molar refractivity (Wildman–Crippen MR) is 115 cm³/mol. The van der Waals surface area contributed by atoms with Gasteiger partial charge in [-0.3, -0.25) is 14.2 Å². The standard InChI is InChI=1S/C21H25N5O5/c1-5-31-16(27)12-26-19(28)17-18(23(3)21(26)29)22-20-24(10-13(2)11-25(17)20)14-7-6-8-15(9-14)30-4/h6-9,13H,5,10-12H2,1-4H3/t13-/m1/s1. The minimum atomic E-state index is -0.634. The number of aromatic nitrogens is 4. The first-order chi connectivity index (χ1) is 14.8. The fourth-order valence-corrected chi connectivity index (χ4v) is 3.98. The second-order valence-electron chi connectivity index (χ2n) is 7.65. The monoisotopic (exact) mass is 427 g/mol. The molecule has 164 valence electrons. The van der Waals surface area contributed by atoms with Crippen LogP contribution < -0.4 is 20.9 Å². The minimum Gasteiger partial charge on any atom is -0.497 e. The van der Waals surface area contributed by atoms with Crippen LogP contribution in [-0.2, 0) is 29.7 Å². The molecule has 1 aliphatic rings. The van der Waals surface area contributed by atoms with Gasteiger partial charge < -0.3 is 18.9 Å². The first-order valence-corrected chi connectivity index (χ1v) is 10.1. The van der Waals surface area contributed by atoms with Crippen molar-refractivity contribution < 1.29 is 14.3 Å². The number of carbonyl (C=O) groups excluding carboxylic acids is 1. The van der Waals surface area contributed by atoms with Crippen LogP contribution in [0, 0.1) is 5.92 Å². The van der Waals surface area contributed by atoms with Gasteiger partial charge in [0.2, 0.25) is 5.95 Å². The van der Waals surface area contributed by atoms with Crippen molar-refractivity contribution in [3.8, 4) is 5.75 Å². The molecule has 0 N–H and O–H groups in total. The van der Waals surface area contributed by atoms with E-state index in [9.17, 15) is 14.4 Å². The van der Waals surface area contributed by atoms with Crippen molar-refractivity contribution in [2.45, 2.75) is 26.9 Å². The number of rotatable bonds is 5. The zero-order chi connectivity index (χ0) is 22.3. The number of nitrogens with zero attached hydrogens (tertiary/aromatic N) is 5. The maximum Gasteiger partial charge on any atom is 0.333 e. The molecule has 0 fully saturated rings. The van der Waals surface area contributed by atoms with Crippen molar-refractivity contribution in [2.24, 2.45) is 13.0 Å². The Bertz CT molecular complexity index is 1270. The Balaban J connectivity index is 1.93. The molecular weight excluding hydrogens is 402 g/mol. The van der Waals surface area contributed by atoms with E-state index in [1.807, 2.05) is 33.7 Å². The quantitative estimate of drug-likeness (QED) is 0.565. The Morgan fingerprint density at radius 3 is 2.74 bits per heavy atom. The molecule has 0 saturated heterocycles. The fraction of sp³-hybridized carbons (Fsp3) is 0.429. The summed E-state index contributed by atoms with van der Waals surface area (Å²) in [5, 5.41) is 0. The van der Waals surface area contributed by atoms with E-state index in [0.717, 1.165) is 10.3 Å². The normalized spacial score (nSPS) is 15.7. The zero-order valence-corrected chi connectivity index (χ0v) is 18.0. The van der Waals surface area contributed by atoms with Crippen LogP contribution in [0.5, 0.6) is 5.75 Å². The molecule has 0 spiro atoms. The SMILES string of the molecule is CCOC(=O)Cn1c(=O)c2c(nc3n2C[C@H](C)CN3c2cccc(OC)c2)n(C)c1=O. The highest BCUT2D eigenvalue weighted by Gasteiger charge is 2.30.